The smallest absolute Gasteiger partial charge is 0.0458 e. The number of hydrogen-bond donors (Lipinski definition) is 2. The molecule has 0 radical (unpaired) electrons. The molecule has 1 aliphatic carbocycles. The molecule has 0 fully saturated rings. The molecule has 1 heterocycles. The van der Waals surface area contributed by atoms with E-state index in [0.717, 1.165) is 12.8 Å². The fourth-order valence-corrected chi connectivity index (χ4v) is 3.28. The largest absolute Gasteiger partial charge is 0.382 e. The number of benzene rings is 2. The molecule has 1 aliphatic rings. The number of aromatic amines is 1. The summed E-state index contributed by atoms with van der Waals surface area (Å²) in [4.78, 5) is 3.59. The number of aromatic nitrogens is 1. The zero-order valence-electron chi connectivity index (χ0n) is 11.4. The lowest BCUT2D eigenvalue weighted by Gasteiger charge is -2.24. The van der Waals surface area contributed by atoms with Crippen LogP contribution in [0.2, 0.25) is 0 Å². The van der Waals surface area contributed by atoms with Crippen LogP contribution in [0.3, 0.4) is 0 Å². The zero-order valence-corrected chi connectivity index (χ0v) is 11.4. The second kappa shape index (κ2) is 4.71. The van der Waals surface area contributed by atoms with E-state index in [1.165, 1.54) is 34.3 Å². The van der Waals surface area contributed by atoms with Gasteiger partial charge in [-0.15, -0.1) is 0 Å². The predicted molar refractivity (Wildman–Crippen MR) is 84.2 cm³/mol. The second-order valence-electron chi connectivity index (χ2n) is 5.58. The molecule has 0 spiro atoms. The summed E-state index contributed by atoms with van der Waals surface area (Å²) in [5, 5.41) is 5.05. The van der Waals surface area contributed by atoms with Crippen LogP contribution in [0.15, 0.2) is 54.6 Å². The van der Waals surface area contributed by atoms with Crippen molar-refractivity contribution < 1.29 is 0 Å². The molecule has 1 aromatic heterocycles. The van der Waals surface area contributed by atoms with Crippen molar-refractivity contribution >= 4 is 16.6 Å². The third-order valence-electron chi connectivity index (χ3n) is 4.24. The first kappa shape index (κ1) is 11.6. The van der Waals surface area contributed by atoms with E-state index in [-0.39, 0.29) is 0 Å². The van der Waals surface area contributed by atoms with Crippen LogP contribution in [0.4, 0.5) is 5.69 Å². The summed E-state index contributed by atoms with van der Waals surface area (Å²) in [6.07, 6.45) is 3.44. The third-order valence-corrected chi connectivity index (χ3v) is 4.24. The zero-order chi connectivity index (χ0) is 13.4. The first-order chi connectivity index (χ1) is 9.90. The Balaban J connectivity index is 1.60. The van der Waals surface area contributed by atoms with Crippen LogP contribution in [-0.4, -0.2) is 11.0 Å². The number of aryl methyl sites for hydroxylation is 1. The summed E-state index contributed by atoms with van der Waals surface area (Å²) in [5.74, 6) is 0. The Hall–Kier alpha value is -2.22. The van der Waals surface area contributed by atoms with Crippen LogP contribution in [0.5, 0.6) is 0 Å². The highest BCUT2D eigenvalue weighted by Crippen LogP contribution is 2.30. The lowest BCUT2D eigenvalue weighted by molar-refractivity contribution is 0.606. The van der Waals surface area contributed by atoms with Gasteiger partial charge in [-0.3, -0.25) is 0 Å². The lowest BCUT2D eigenvalue weighted by atomic mass is 9.91. The van der Waals surface area contributed by atoms with Crippen LogP contribution in [0.25, 0.3) is 10.9 Å². The van der Waals surface area contributed by atoms with Crippen molar-refractivity contribution in [1.82, 2.24) is 4.98 Å². The van der Waals surface area contributed by atoms with Gasteiger partial charge < -0.3 is 10.3 Å². The molecule has 2 aromatic carbocycles. The molecule has 0 bridgehead atoms. The number of H-pyrrole nitrogens is 1. The topological polar surface area (TPSA) is 27.8 Å². The molecule has 0 saturated heterocycles. The van der Waals surface area contributed by atoms with Crippen molar-refractivity contribution in [2.45, 2.75) is 25.3 Å². The van der Waals surface area contributed by atoms with Crippen LogP contribution in [0, 0.1) is 0 Å². The normalized spacial score (nSPS) is 17.9. The molecule has 100 valence electrons. The maximum atomic E-state index is 3.65. The Morgan fingerprint density at radius 2 is 1.75 bits per heavy atom. The molecular weight excluding hydrogens is 244 g/mol. The minimum absolute atomic E-state index is 0.526. The Morgan fingerprint density at radius 1 is 0.950 bits per heavy atom. The first-order valence-electron chi connectivity index (χ1n) is 7.30. The average molecular weight is 262 g/mol. The van der Waals surface area contributed by atoms with Gasteiger partial charge in [-0.05, 0) is 36.6 Å². The maximum Gasteiger partial charge on any atom is 0.0458 e. The Morgan fingerprint density at radius 3 is 2.65 bits per heavy atom. The van der Waals surface area contributed by atoms with Crippen LogP contribution >= 0.6 is 0 Å². The van der Waals surface area contributed by atoms with E-state index in [0.29, 0.717) is 6.04 Å². The number of nitrogens with one attached hydrogen (secondary N) is 2. The molecule has 2 nitrogen and oxygen atoms in total. The molecule has 20 heavy (non-hydrogen) atoms. The van der Waals surface area contributed by atoms with E-state index < -0.39 is 0 Å². The predicted octanol–water partition coefficient (Wildman–Crippen LogP) is 4.14. The van der Waals surface area contributed by atoms with Gasteiger partial charge in [0.05, 0.1) is 0 Å². The third kappa shape index (κ3) is 1.97. The highest BCUT2D eigenvalue weighted by Gasteiger charge is 2.21. The molecule has 1 atom stereocenters. The molecular formula is C18H18N2. The van der Waals surface area contributed by atoms with Crippen molar-refractivity contribution in [3.05, 3.63) is 65.9 Å². The van der Waals surface area contributed by atoms with Gasteiger partial charge >= 0.3 is 0 Å². The molecule has 1 unspecified atom stereocenters. The van der Waals surface area contributed by atoms with Gasteiger partial charge in [0.25, 0.3) is 0 Å². The molecule has 0 amide bonds. The number of fused-ring (bicyclic) bond motifs is 3. The van der Waals surface area contributed by atoms with Gasteiger partial charge in [-0.2, -0.15) is 0 Å². The first-order valence-corrected chi connectivity index (χ1v) is 7.30. The molecule has 2 N–H and O–H groups in total. The van der Waals surface area contributed by atoms with Gasteiger partial charge in [-0.1, -0.05) is 36.4 Å². The highest BCUT2D eigenvalue weighted by atomic mass is 14.9. The Bertz CT molecular complexity index is 728. The van der Waals surface area contributed by atoms with Gasteiger partial charge in [0, 0.05) is 34.7 Å². The van der Waals surface area contributed by atoms with Crippen LogP contribution in [0.1, 0.15) is 17.7 Å². The van der Waals surface area contributed by atoms with E-state index in [2.05, 4.69) is 64.9 Å². The molecule has 0 saturated carbocycles. The highest BCUT2D eigenvalue weighted by molar-refractivity contribution is 5.84. The summed E-state index contributed by atoms with van der Waals surface area (Å²) in [5.41, 5.74) is 5.42. The Kier molecular flexibility index (Phi) is 2.73. The minimum atomic E-state index is 0.526. The maximum absolute atomic E-state index is 3.65. The van der Waals surface area contributed by atoms with Gasteiger partial charge in [0.1, 0.15) is 0 Å². The summed E-state index contributed by atoms with van der Waals surface area (Å²) in [6.45, 7) is 0. The number of hydrogen-bond acceptors (Lipinski definition) is 1. The number of rotatable bonds is 2. The van der Waals surface area contributed by atoms with E-state index in [1.54, 1.807) is 0 Å². The quantitative estimate of drug-likeness (QED) is 0.714. The Labute approximate surface area is 118 Å². The average Bonchev–Trinajstić information content (AvgIpc) is 2.86. The summed E-state index contributed by atoms with van der Waals surface area (Å²) >= 11 is 0. The van der Waals surface area contributed by atoms with E-state index in [9.17, 15) is 0 Å². The SMILES string of the molecule is c1ccc(NC2CCc3c([nH]c4ccccc34)C2)cc1. The number of anilines is 1. The second-order valence-corrected chi connectivity index (χ2v) is 5.58. The van der Waals surface area contributed by atoms with Crippen molar-refractivity contribution in [2.75, 3.05) is 5.32 Å². The van der Waals surface area contributed by atoms with E-state index in [4.69, 9.17) is 0 Å². The number of para-hydroxylation sites is 2. The monoisotopic (exact) mass is 262 g/mol. The van der Waals surface area contributed by atoms with Crippen molar-refractivity contribution in [2.24, 2.45) is 0 Å². The van der Waals surface area contributed by atoms with Crippen LogP contribution in [-0.2, 0) is 12.8 Å². The van der Waals surface area contributed by atoms with Gasteiger partial charge in [-0.25, -0.2) is 0 Å². The summed E-state index contributed by atoms with van der Waals surface area (Å²) in [7, 11) is 0. The van der Waals surface area contributed by atoms with Crippen molar-refractivity contribution in [3.63, 3.8) is 0 Å². The van der Waals surface area contributed by atoms with Crippen molar-refractivity contribution in [3.8, 4) is 0 Å². The molecule has 4 rings (SSSR count). The van der Waals surface area contributed by atoms with E-state index in [1.807, 2.05) is 0 Å². The van der Waals surface area contributed by atoms with Gasteiger partial charge in [0.2, 0.25) is 0 Å². The van der Waals surface area contributed by atoms with Crippen molar-refractivity contribution in [1.29, 1.82) is 0 Å². The standard InChI is InChI=1S/C18H18N2/c1-2-6-13(7-3-1)19-14-10-11-16-15-8-4-5-9-17(15)20-18(16)12-14/h1-9,14,19-20H,10-12H2. The molecule has 3 aromatic rings. The fourth-order valence-electron chi connectivity index (χ4n) is 3.28. The van der Waals surface area contributed by atoms with E-state index >= 15 is 0 Å². The summed E-state index contributed by atoms with van der Waals surface area (Å²) in [6, 6.07) is 19.7. The minimum Gasteiger partial charge on any atom is -0.382 e. The van der Waals surface area contributed by atoms with Crippen LogP contribution < -0.4 is 5.32 Å². The lowest BCUT2D eigenvalue weighted by Crippen LogP contribution is -2.27. The summed E-state index contributed by atoms with van der Waals surface area (Å²) < 4.78 is 0. The molecule has 2 heteroatoms. The van der Waals surface area contributed by atoms with Gasteiger partial charge in [0.15, 0.2) is 0 Å². The molecule has 0 aliphatic heterocycles. The fraction of sp³-hybridized carbons (Fsp3) is 0.222.